The number of likely N-dealkylation sites (tertiary alicyclic amines) is 1. The van der Waals surface area contributed by atoms with Crippen molar-refractivity contribution < 1.29 is 14.3 Å². The fourth-order valence-electron chi connectivity index (χ4n) is 2.51. The van der Waals surface area contributed by atoms with E-state index >= 15 is 0 Å². The van der Waals surface area contributed by atoms with Crippen molar-refractivity contribution in [2.75, 3.05) is 26.7 Å². The second kappa shape index (κ2) is 8.15. The van der Waals surface area contributed by atoms with E-state index in [4.69, 9.17) is 16.3 Å². The molecule has 120 valence electrons. The van der Waals surface area contributed by atoms with Gasteiger partial charge in [0.05, 0.1) is 12.6 Å². The van der Waals surface area contributed by atoms with Gasteiger partial charge in [-0.3, -0.25) is 9.59 Å². The van der Waals surface area contributed by atoms with E-state index < -0.39 is 0 Å². The van der Waals surface area contributed by atoms with E-state index in [1.54, 1.807) is 18.1 Å². The van der Waals surface area contributed by atoms with Gasteiger partial charge in [-0.25, -0.2) is 0 Å². The molecule has 1 heterocycles. The van der Waals surface area contributed by atoms with Crippen LogP contribution in [-0.2, 0) is 14.3 Å². The Hall–Kier alpha value is -1.59. The first-order valence-corrected chi connectivity index (χ1v) is 7.80. The maximum Gasteiger partial charge on any atom is 0.239 e. The standard InChI is InChI=1S/C16H21ClN2O3/c1-22-14(12-5-4-6-13(17)9-12)10-18-15(20)11-19-8-3-2-7-16(19)21/h4-6,9,14H,2-3,7-8,10-11H2,1H3,(H,18,20)/t14-/m0/s1. The third kappa shape index (κ3) is 4.71. The number of carbonyl (C=O) groups excluding carboxylic acids is 2. The summed E-state index contributed by atoms with van der Waals surface area (Å²) in [5.41, 5.74) is 0.907. The number of amides is 2. The SMILES string of the molecule is CO[C@@H](CNC(=O)CN1CCCCC1=O)c1cccc(Cl)c1. The van der Waals surface area contributed by atoms with Crippen molar-refractivity contribution >= 4 is 23.4 Å². The Balaban J connectivity index is 1.85. The van der Waals surface area contributed by atoms with Crippen LogP contribution in [0, 0.1) is 0 Å². The first-order valence-electron chi connectivity index (χ1n) is 7.43. The molecule has 6 heteroatoms. The number of piperidine rings is 1. The Morgan fingerprint density at radius 2 is 2.27 bits per heavy atom. The third-order valence-electron chi connectivity index (χ3n) is 3.75. The van der Waals surface area contributed by atoms with Crippen LogP contribution in [0.15, 0.2) is 24.3 Å². The molecule has 1 aliphatic heterocycles. The lowest BCUT2D eigenvalue weighted by Crippen LogP contribution is -2.43. The molecule has 0 unspecified atom stereocenters. The summed E-state index contributed by atoms with van der Waals surface area (Å²) in [5, 5.41) is 3.45. The zero-order valence-corrected chi connectivity index (χ0v) is 13.4. The highest BCUT2D eigenvalue weighted by Gasteiger charge is 2.21. The van der Waals surface area contributed by atoms with Gasteiger partial charge in [0.1, 0.15) is 0 Å². The molecule has 2 rings (SSSR count). The number of ether oxygens (including phenoxy) is 1. The van der Waals surface area contributed by atoms with Crippen molar-refractivity contribution in [3.63, 3.8) is 0 Å². The Labute approximate surface area is 135 Å². The number of benzene rings is 1. The van der Waals surface area contributed by atoms with Crippen LogP contribution in [0.25, 0.3) is 0 Å². The van der Waals surface area contributed by atoms with Gasteiger partial charge in [-0.1, -0.05) is 23.7 Å². The Morgan fingerprint density at radius 3 is 2.95 bits per heavy atom. The molecule has 0 bridgehead atoms. The number of rotatable bonds is 6. The van der Waals surface area contributed by atoms with Crippen LogP contribution < -0.4 is 5.32 Å². The fraction of sp³-hybridized carbons (Fsp3) is 0.500. The van der Waals surface area contributed by atoms with Gasteiger partial charge < -0.3 is 15.0 Å². The van der Waals surface area contributed by atoms with Gasteiger partial charge in [0, 0.05) is 31.6 Å². The van der Waals surface area contributed by atoms with Gasteiger partial charge in [0.2, 0.25) is 11.8 Å². The molecule has 0 radical (unpaired) electrons. The summed E-state index contributed by atoms with van der Waals surface area (Å²) >= 11 is 5.97. The molecule has 1 aromatic carbocycles. The summed E-state index contributed by atoms with van der Waals surface area (Å²) in [5.74, 6) is -0.112. The fourth-order valence-corrected chi connectivity index (χ4v) is 2.71. The monoisotopic (exact) mass is 324 g/mol. The summed E-state index contributed by atoms with van der Waals surface area (Å²) in [6.07, 6.45) is 2.15. The lowest BCUT2D eigenvalue weighted by molar-refractivity contribution is -0.137. The molecule has 1 atom stereocenters. The number of nitrogens with zero attached hydrogens (tertiary/aromatic N) is 1. The number of nitrogens with one attached hydrogen (secondary N) is 1. The maximum atomic E-state index is 12.0. The molecule has 0 aromatic heterocycles. The van der Waals surface area contributed by atoms with Gasteiger partial charge in [-0.2, -0.15) is 0 Å². The van der Waals surface area contributed by atoms with Crippen molar-refractivity contribution in [2.45, 2.75) is 25.4 Å². The van der Waals surface area contributed by atoms with E-state index in [2.05, 4.69) is 5.32 Å². The first kappa shape index (κ1) is 16.8. The highest BCUT2D eigenvalue weighted by atomic mass is 35.5. The molecule has 2 amide bonds. The average molecular weight is 325 g/mol. The minimum absolute atomic E-state index is 0.0551. The van der Waals surface area contributed by atoms with Crippen LogP contribution >= 0.6 is 11.6 Å². The van der Waals surface area contributed by atoms with Crippen LogP contribution in [0.4, 0.5) is 0 Å². The van der Waals surface area contributed by atoms with Crippen molar-refractivity contribution in [1.29, 1.82) is 0 Å². The molecule has 1 fully saturated rings. The topological polar surface area (TPSA) is 58.6 Å². The molecule has 1 aliphatic rings. The molecule has 1 aromatic rings. The molecule has 1 saturated heterocycles. The van der Waals surface area contributed by atoms with Gasteiger partial charge in [-0.05, 0) is 30.5 Å². The van der Waals surface area contributed by atoms with Crippen molar-refractivity contribution in [3.8, 4) is 0 Å². The summed E-state index contributed by atoms with van der Waals surface area (Å²) in [4.78, 5) is 25.3. The molecule has 0 spiro atoms. The predicted octanol–water partition coefficient (Wildman–Crippen LogP) is 2.16. The minimum Gasteiger partial charge on any atom is -0.375 e. The van der Waals surface area contributed by atoms with E-state index in [-0.39, 0.29) is 24.5 Å². The van der Waals surface area contributed by atoms with Crippen LogP contribution in [0.3, 0.4) is 0 Å². The zero-order valence-electron chi connectivity index (χ0n) is 12.7. The summed E-state index contributed by atoms with van der Waals surface area (Å²) in [7, 11) is 1.59. The highest BCUT2D eigenvalue weighted by molar-refractivity contribution is 6.30. The van der Waals surface area contributed by atoms with Crippen molar-refractivity contribution in [3.05, 3.63) is 34.9 Å². The molecule has 5 nitrogen and oxygen atoms in total. The summed E-state index contributed by atoms with van der Waals surface area (Å²) in [6.45, 7) is 1.12. The van der Waals surface area contributed by atoms with Crippen molar-refractivity contribution in [2.24, 2.45) is 0 Å². The molecule has 22 heavy (non-hydrogen) atoms. The van der Waals surface area contributed by atoms with E-state index in [9.17, 15) is 9.59 Å². The van der Waals surface area contributed by atoms with Crippen LogP contribution in [0.1, 0.15) is 30.9 Å². The summed E-state index contributed by atoms with van der Waals surface area (Å²) < 4.78 is 5.40. The van der Waals surface area contributed by atoms with Gasteiger partial charge in [-0.15, -0.1) is 0 Å². The largest absolute Gasteiger partial charge is 0.375 e. The van der Waals surface area contributed by atoms with Gasteiger partial charge in [0.15, 0.2) is 0 Å². The maximum absolute atomic E-state index is 12.0. The van der Waals surface area contributed by atoms with E-state index in [0.29, 0.717) is 24.5 Å². The Morgan fingerprint density at radius 1 is 1.45 bits per heavy atom. The molecular formula is C16H21ClN2O3. The molecule has 0 saturated carbocycles. The predicted molar refractivity (Wildman–Crippen MR) is 84.6 cm³/mol. The molecule has 0 aliphatic carbocycles. The lowest BCUT2D eigenvalue weighted by atomic mass is 10.1. The van der Waals surface area contributed by atoms with Gasteiger partial charge in [0.25, 0.3) is 0 Å². The average Bonchev–Trinajstić information content (AvgIpc) is 2.50. The van der Waals surface area contributed by atoms with E-state index in [1.807, 2.05) is 18.2 Å². The number of methoxy groups -OCH3 is 1. The lowest BCUT2D eigenvalue weighted by Gasteiger charge is -2.26. The Bertz CT molecular complexity index is 536. The van der Waals surface area contributed by atoms with Crippen molar-refractivity contribution in [1.82, 2.24) is 10.2 Å². The van der Waals surface area contributed by atoms with Crippen LogP contribution in [0.2, 0.25) is 5.02 Å². The molecular weight excluding hydrogens is 304 g/mol. The minimum atomic E-state index is -0.264. The van der Waals surface area contributed by atoms with E-state index in [1.165, 1.54) is 0 Å². The number of halogens is 1. The number of hydrogen-bond acceptors (Lipinski definition) is 3. The Kier molecular flexibility index (Phi) is 6.21. The van der Waals surface area contributed by atoms with Crippen LogP contribution in [-0.4, -0.2) is 43.5 Å². The smallest absolute Gasteiger partial charge is 0.239 e. The number of hydrogen-bond donors (Lipinski definition) is 1. The summed E-state index contributed by atoms with van der Waals surface area (Å²) in [6, 6.07) is 7.35. The zero-order chi connectivity index (χ0) is 15.9. The molecule has 1 N–H and O–H groups in total. The normalized spacial score (nSPS) is 16.5. The highest BCUT2D eigenvalue weighted by Crippen LogP contribution is 2.19. The van der Waals surface area contributed by atoms with E-state index in [0.717, 1.165) is 18.4 Å². The quantitative estimate of drug-likeness (QED) is 0.872. The second-order valence-electron chi connectivity index (χ2n) is 5.36. The number of carbonyl (C=O) groups is 2. The van der Waals surface area contributed by atoms with Gasteiger partial charge >= 0.3 is 0 Å². The second-order valence-corrected chi connectivity index (χ2v) is 5.79. The van der Waals surface area contributed by atoms with Crippen LogP contribution in [0.5, 0.6) is 0 Å². The third-order valence-corrected chi connectivity index (χ3v) is 3.98. The first-order chi connectivity index (χ1) is 10.6.